The largest absolute Gasteiger partial charge is 0.488 e. The van der Waals surface area contributed by atoms with E-state index in [2.05, 4.69) is 37.4 Å². The molecule has 0 aliphatic carbocycles. The lowest BCUT2D eigenvalue weighted by Gasteiger charge is -2.29. The van der Waals surface area contributed by atoms with E-state index in [1.165, 1.54) is 34.7 Å². The highest BCUT2D eigenvalue weighted by atomic mass is 32.2. The molecule has 0 saturated carbocycles. The van der Waals surface area contributed by atoms with Crippen molar-refractivity contribution in [2.75, 3.05) is 24.7 Å². The van der Waals surface area contributed by atoms with Gasteiger partial charge in [0, 0.05) is 29.7 Å². The van der Waals surface area contributed by atoms with Gasteiger partial charge in [0.1, 0.15) is 24.7 Å². The summed E-state index contributed by atoms with van der Waals surface area (Å²) in [6, 6.07) is 27.5. The second kappa shape index (κ2) is 16.7. The molecule has 222 valence electrons. The summed E-state index contributed by atoms with van der Waals surface area (Å²) in [6.45, 7) is 10.9. The monoisotopic (exact) mass is 606 g/mol. The molecule has 2 atom stereocenters. The van der Waals surface area contributed by atoms with Crippen molar-refractivity contribution in [3.05, 3.63) is 121 Å². The predicted octanol–water partition coefficient (Wildman–Crippen LogP) is 7.29. The van der Waals surface area contributed by atoms with Gasteiger partial charge in [-0.2, -0.15) is 0 Å². The summed E-state index contributed by atoms with van der Waals surface area (Å²) in [5.41, 5.74) is 2.41. The highest BCUT2D eigenvalue weighted by Gasteiger charge is 2.31. The minimum atomic E-state index is -0.927. The molecule has 0 heterocycles. The highest BCUT2D eigenvalue weighted by molar-refractivity contribution is 8.00. The quantitative estimate of drug-likeness (QED) is 0.0850. The molecule has 0 saturated heterocycles. The standard InChI is InChI=1S/C34H38O6S2/c1-5-31(35)39-33(3,41-22-20-27-14-9-7-10-15-27)25-37-29-18-13-19-30(24-29)38-26-34(4,40-32(36)6-2)42-23-21-28-16-11-8-12-17-28/h5-19,24H,1-2,20-23,25-26H2,3-4H3. The van der Waals surface area contributed by atoms with Gasteiger partial charge >= 0.3 is 11.9 Å². The van der Waals surface area contributed by atoms with Crippen molar-refractivity contribution in [3.8, 4) is 11.5 Å². The average Bonchev–Trinajstić information content (AvgIpc) is 3.00. The van der Waals surface area contributed by atoms with Gasteiger partial charge in [0.25, 0.3) is 0 Å². The summed E-state index contributed by atoms with van der Waals surface area (Å²) >= 11 is 3.01. The number of ether oxygens (including phenoxy) is 4. The number of thioether (sulfide) groups is 2. The van der Waals surface area contributed by atoms with Crippen LogP contribution >= 0.6 is 23.5 Å². The van der Waals surface area contributed by atoms with Gasteiger partial charge < -0.3 is 18.9 Å². The van der Waals surface area contributed by atoms with Crippen LogP contribution in [0.2, 0.25) is 0 Å². The molecule has 0 aliphatic rings. The van der Waals surface area contributed by atoms with Crippen LogP contribution in [0.5, 0.6) is 11.5 Å². The SMILES string of the molecule is C=CC(=O)OC(C)(COc1cccc(OCC(C)(OC(=O)C=C)SCCc2ccccc2)c1)SCCc1ccccc1. The fourth-order valence-electron chi connectivity index (χ4n) is 3.85. The third-order valence-corrected chi connectivity index (χ3v) is 8.50. The normalized spacial score (nSPS) is 13.6. The number of hydrogen-bond donors (Lipinski definition) is 0. The molecule has 3 aromatic rings. The van der Waals surface area contributed by atoms with Gasteiger partial charge in [0.2, 0.25) is 0 Å². The molecule has 0 aliphatic heterocycles. The number of carbonyl (C=O) groups excluding carboxylic acids is 2. The first kappa shape index (κ1) is 32.9. The highest BCUT2D eigenvalue weighted by Crippen LogP contribution is 2.32. The van der Waals surface area contributed by atoms with Crippen LogP contribution in [0.3, 0.4) is 0 Å². The maximum Gasteiger partial charge on any atom is 0.331 e. The van der Waals surface area contributed by atoms with Crippen molar-refractivity contribution in [1.29, 1.82) is 0 Å². The van der Waals surface area contributed by atoms with E-state index < -0.39 is 21.8 Å². The van der Waals surface area contributed by atoms with E-state index in [9.17, 15) is 9.59 Å². The molecule has 0 radical (unpaired) electrons. The maximum absolute atomic E-state index is 12.1. The topological polar surface area (TPSA) is 71.1 Å². The third kappa shape index (κ3) is 11.7. The van der Waals surface area contributed by atoms with Crippen LogP contribution in [0.25, 0.3) is 0 Å². The summed E-state index contributed by atoms with van der Waals surface area (Å²) in [5.74, 6) is 1.56. The Hall–Kier alpha value is -3.62. The molecular formula is C34H38O6S2. The van der Waals surface area contributed by atoms with Crippen LogP contribution in [0.4, 0.5) is 0 Å². The number of carbonyl (C=O) groups is 2. The molecule has 0 N–H and O–H groups in total. The summed E-state index contributed by atoms with van der Waals surface area (Å²) in [4.78, 5) is 22.3. The Morgan fingerprint density at radius 1 is 0.667 bits per heavy atom. The average molecular weight is 607 g/mol. The second-order valence-corrected chi connectivity index (χ2v) is 12.9. The Bertz CT molecular complexity index is 1200. The van der Waals surface area contributed by atoms with Crippen molar-refractivity contribution in [2.24, 2.45) is 0 Å². The number of hydrogen-bond acceptors (Lipinski definition) is 8. The Balaban J connectivity index is 1.60. The molecule has 6 nitrogen and oxygen atoms in total. The molecular weight excluding hydrogens is 569 g/mol. The zero-order valence-corrected chi connectivity index (χ0v) is 25.8. The molecule has 3 rings (SSSR count). The Kier molecular flexibility index (Phi) is 13.1. The molecule has 0 spiro atoms. The Morgan fingerprint density at radius 3 is 1.45 bits per heavy atom. The Labute approximate surface area is 257 Å². The van der Waals surface area contributed by atoms with E-state index in [-0.39, 0.29) is 13.2 Å². The van der Waals surface area contributed by atoms with Crippen molar-refractivity contribution in [1.82, 2.24) is 0 Å². The molecule has 0 aromatic heterocycles. The van der Waals surface area contributed by atoms with Gasteiger partial charge in [-0.15, -0.1) is 23.5 Å². The van der Waals surface area contributed by atoms with Gasteiger partial charge in [0.05, 0.1) is 0 Å². The fraction of sp³-hybridized carbons (Fsp3) is 0.294. The Morgan fingerprint density at radius 2 is 1.07 bits per heavy atom. The van der Waals surface area contributed by atoms with E-state index in [1.54, 1.807) is 6.07 Å². The molecule has 0 amide bonds. The van der Waals surface area contributed by atoms with Crippen molar-refractivity contribution >= 4 is 35.5 Å². The summed E-state index contributed by atoms with van der Waals surface area (Å²) in [5, 5.41) is 0. The van der Waals surface area contributed by atoms with Crippen LogP contribution < -0.4 is 9.47 Å². The smallest absolute Gasteiger partial charge is 0.331 e. The summed E-state index contributed by atoms with van der Waals surface area (Å²) in [6.07, 6.45) is 3.96. The number of esters is 2. The number of rotatable bonds is 18. The first-order chi connectivity index (χ1) is 20.2. The van der Waals surface area contributed by atoms with Crippen LogP contribution in [0.15, 0.2) is 110 Å². The van der Waals surface area contributed by atoms with Crippen LogP contribution in [0, 0.1) is 0 Å². The minimum Gasteiger partial charge on any atom is -0.488 e. The summed E-state index contributed by atoms with van der Waals surface area (Å²) in [7, 11) is 0. The second-order valence-electron chi connectivity index (χ2n) is 9.74. The number of benzene rings is 3. The van der Waals surface area contributed by atoms with Gasteiger partial charge in [0.15, 0.2) is 9.87 Å². The summed E-state index contributed by atoms with van der Waals surface area (Å²) < 4.78 is 23.5. The van der Waals surface area contributed by atoms with E-state index in [0.29, 0.717) is 11.5 Å². The predicted molar refractivity (Wildman–Crippen MR) is 172 cm³/mol. The van der Waals surface area contributed by atoms with Gasteiger partial charge in [-0.1, -0.05) is 79.9 Å². The van der Waals surface area contributed by atoms with E-state index in [1.807, 2.05) is 68.4 Å². The van der Waals surface area contributed by atoms with E-state index >= 15 is 0 Å². The van der Waals surface area contributed by atoms with Crippen molar-refractivity contribution in [2.45, 2.75) is 36.6 Å². The number of aryl methyl sites for hydroxylation is 2. The van der Waals surface area contributed by atoms with Crippen LogP contribution in [0.1, 0.15) is 25.0 Å². The maximum atomic E-state index is 12.1. The molecule has 0 fully saturated rings. The van der Waals surface area contributed by atoms with E-state index in [0.717, 1.165) is 36.5 Å². The first-order valence-electron chi connectivity index (χ1n) is 13.6. The molecule has 3 aromatic carbocycles. The third-order valence-electron chi connectivity index (χ3n) is 6.06. The zero-order chi connectivity index (χ0) is 30.3. The van der Waals surface area contributed by atoms with Crippen molar-refractivity contribution < 1.29 is 28.5 Å². The lowest BCUT2D eigenvalue weighted by molar-refractivity contribution is -0.146. The van der Waals surface area contributed by atoms with Gasteiger partial charge in [-0.05, 0) is 49.9 Å². The zero-order valence-electron chi connectivity index (χ0n) is 24.2. The lowest BCUT2D eigenvalue weighted by atomic mass is 10.2. The van der Waals surface area contributed by atoms with E-state index in [4.69, 9.17) is 18.9 Å². The van der Waals surface area contributed by atoms with Gasteiger partial charge in [-0.3, -0.25) is 0 Å². The fourth-order valence-corrected chi connectivity index (χ4v) is 5.96. The molecule has 0 bridgehead atoms. The van der Waals surface area contributed by atoms with Crippen LogP contribution in [-0.4, -0.2) is 46.5 Å². The van der Waals surface area contributed by atoms with Crippen LogP contribution in [-0.2, 0) is 31.9 Å². The molecule has 42 heavy (non-hydrogen) atoms. The molecule has 2 unspecified atom stereocenters. The lowest BCUT2D eigenvalue weighted by Crippen LogP contribution is -2.35. The minimum absolute atomic E-state index is 0.124. The first-order valence-corrected chi connectivity index (χ1v) is 15.6. The van der Waals surface area contributed by atoms with Crippen molar-refractivity contribution in [3.63, 3.8) is 0 Å². The van der Waals surface area contributed by atoms with Gasteiger partial charge in [-0.25, -0.2) is 9.59 Å². The molecule has 8 heteroatoms.